The predicted molar refractivity (Wildman–Crippen MR) is 111 cm³/mol. The molecule has 3 rings (SSSR count). The van der Waals surface area contributed by atoms with Crippen LogP contribution in [0.1, 0.15) is 80.8 Å². The molecule has 134 valence electrons. The summed E-state index contributed by atoms with van der Waals surface area (Å²) in [4.78, 5) is 0. The normalized spacial score (nSPS) is 18.1. The molecule has 0 aliphatic heterocycles. The molecule has 0 heterocycles. The second-order valence-electron chi connectivity index (χ2n) is 9.04. The van der Waals surface area contributed by atoms with Crippen LogP contribution in [-0.4, -0.2) is 0 Å². The van der Waals surface area contributed by atoms with Gasteiger partial charge in [0.2, 0.25) is 0 Å². The third-order valence-electron chi connectivity index (χ3n) is 6.08. The molecule has 0 aromatic heterocycles. The van der Waals surface area contributed by atoms with Gasteiger partial charge in [0.05, 0.1) is 11.6 Å². The van der Waals surface area contributed by atoms with E-state index >= 15 is 0 Å². The summed E-state index contributed by atoms with van der Waals surface area (Å²) in [6, 6.07) is 14.8. The van der Waals surface area contributed by atoms with Crippen LogP contribution >= 0.6 is 0 Å². The highest BCUT2D eigenvalue weighted by Crippen LogP contribution is 2.46. The molecule has 1 nitrogen and oxygen atoms in total. The minimum Gasteiger partial charge on any atom is -0.192 e. The van der Waals surface area contributed by atoms with E-state index in [1.807, 2.05) is 24.3 Å². The zero-order chi connectivity index (χ0) is 19.1. The summed E-state index contributed by atoms with van der Waals surface area (Å²) >= 11 is 0. The van der Waals surface area contributed by atoms with E-state index in [2.05, 4.69) is 65.8 Å². The SMILES string of the molecule is C/C(=C/c1cc2c(cc1C)C(C)(C)CCC2(C)C)c1ccc(C#N)cc1. The number of fused-ring (bicyclic) bond motifs is 1. The second-order valence-corrected chi connectivity index (χ2v) is 9.04. The van der Waals surface area contributed by atoms with Gasteiger partial charge in [0.1, 0.15) is 0 Å². The quantitative estimate of drug-likeness (QED) is 0.552. The Balaban J connectivity index is 2.07. The number of hydrogen-bond acceptors (Lipinski definition) is 1. The lowest BCUT2D eigenvalue weighted by atomic mass is 9.62. The molecule has 26 heavy (non-hydrogen) atoms. The smallest absolute Gasteiger partial charge is 0.0991 e. The lowest BCUT2D eigenvalue weighted by Crippen LogP contribution is -2.34. The fraction of sp³-hybridized carbons (Fsp3) is 0.400. The number of aryl methyl sites for hydroxylation is 1. The van der Waals surface area contributed by atoms with Crippen LogP contribution in [0, 0.1) is 18.3 Å². The van der Waals surface area contributed by atoms with Gasteiger partial charge in [-0.2, -0.15) is 5.26 Å². The molecule has 1 aliphatic rings. The van der Waals surface area contributed by atoms with E-state index in [-0.39, 0.29) is 10.8 Å². The third-order valence-corrected chi connectivity index (χ3v) is 6.08. The average molecular weight is 344 g/mol. The van der Waals surface area contributed by atoms with E-state index in [4.69, 9.17) is 5.26 Å². The number of benzene rings is 2. The zero-order valence-electron chi connectivity index (χ0n) is 16.9. The number of hydrogen-bond donors (Lipinski definition) is 0. The monoisotopic (exact) mass is 343 g/mol. The van der Waals surface area contributed by atoms with E-state index in [9.17, 15) is 0 Å². The molecule has 0 bridgehead atoms. The first-order chi connectivity index (χ1) is 12.1. The van der Waals surface area contributed by atoms with E-state index in [1.54, 1.807) is 0 Å². The Morgan fingerprint density at radius 3 is 2.04 bits per heavy atom. The molecule has 0 spiro atoms. The van der Waals surface area contributed by atoms with Crippen molar-refractivity contribution in [2.45, 2.75) is 65.2 Å². The summed E-state index contributed by atoms with van der Waals surface area (Å²) in [7, 11) is 0. The standard InChI is InChI=1S/C25H29N/c1-17(20-9-7-19(16-26)8-10-20)13-21-15-23-22(14-18(21)2)24(3,4)11-12-25(23,5)6/h7-10,13-15H,11-12H2,1-6H3/b17-13-. The number of allylic oxidation sites excluding steroid dienone is 1. The van der Waals surface area contributed by atoms with Crippen LogP contribution < -0.4 is 0 Å². The first kappa shape index (κ1) is 18.5. The molecule has 0 amide bonds. The van der Waals surface area contributed by atoms with E-state index in [1.165, 1.54) is 46.2 Å². The fourth-order valence-electron chi connectivity index (χ4n) is 4.02. The highest BCUT2D eigenvalue weighted by molar-refractivity contribution is 5.81. The maximum atomic E-state index is 8.98. The van der Waals surface area contributed by atoms with Crippen molar-refractivity contribution in [2.24, 2.45) is 0 Å². The Morgan fingerprint density at radius 1 is 0.962 bits per heavy atom. The molecule has 0 atom stereocenters. The Kier molecular flexibility index (Phi) is 4.57. The average Bonchev–Trinajstić information content (AvgIpc) is 2.60. The highest BCUT2D eigenvalue weighted by Gasteiger charge is 2.37. The van der Waals surface area contributed by atoms with Gasteiger partial charge in [-0.25, -0.2) is 0 Å². The van der Waals surface area contributed by atoms with Crippen LogP contribution in [0.4, 0.5) is 0 Å². The van der Waals surface area contributed by atoms with Gasteiger partial charge in [0, 0.05) is 0 Å². The summed E-state index contributed by atoms with van der Waals surface area (Å²) in [5.74, 6) is 0. The Labute approximate surface area is 158 Å². The van der Waals surface area contributed by atoms with Gasteiger partial charge in [0.25, 0.3) is 0 Å². The second kappa shape index (κ2) is 6.44. The maximum Gasteiger partial charge on any atom is 0.0991 e. The first-order valence-electron chi connectivity index (χ1n) is 9.48. The summed E-state index contributed by atoms with van der Waals surface area (Å²) in [5.41, 5.74) is 9.22. The number of nitrogens with zero attached hydrogens (tertiary/aromatic N) is 1. The van der Waals surface area contributed by atoms with E-state index < -0.39 is 0 Å². The van der Waals surface area contributed by atoms with Crippen molar-refractivity contribution in [3.63, 3.8) is 0 Å². The van der Waals surface area contributed by atoms with Crippen LogP contribution in [0.2, 0.25) is 0 Å². The highest BCUT2D eigenvalue weighted by atomic mass is 14.4. The van der Waals surface area contributed by atoms with Crippen molar-refractivity contribution < 1.29 is 0 Å². The van der Waals surface area contributed by atoms with Gasteiger partial charge < -0.3 is 0 Å². The van der Waals surface area contributed by atoms with Crippen LogP contribution in [-0.2, 0) is 10.8 Å². The molecule has 2 aromatic rings. The lowest BCUT2D eigenvalue weighted by molar-refractivity contribution is 0.331. The molecular weight excluding hydrogens is 314 g/mol. The summed E-state index contributed by atoms with van der Waals surface area (Å²) in [6.07, 6.45) is 4.76. The summed E-state index contributed by atoms with van der Waals surface area (Å²) < 4.78 is 0. The minimum atomic E-state index is 0.226. The fourth-order valence-corrected chi connectivity index (χ4v) is 4.02. The van der Waals surface area contributed by atoms with Crippen molar-refractivity contribution in [3.8, 4) is 6.07 Å². The van der Waals surface area contributed by atoms with Crippen LogP contribution in [0.3, 0.4) is 0 Å². The largest absolute Gasteiger partial charge is 0.192 e. The molecule has 1 heteroatoms. The minimum absolute atomic E-state index is 0.226. The summed E-state index contributed by atoms with van der Waals surface area (Å²) in [5, 5.41) is 8.98. The molecule has 0 N–H and O–H groups in total. The molecule has 1 aliphatic carbocycles. The third kappa shape index (κ3) is 3.34. The van der Waals surface area contributed by atoms with Crippen molar-refractivity contribution in [2.75, 3.05) is 0 Å². The zero-order valence-corrected chi connectivity index (χ0v) is 16.9. The van der Waals surface area contributed by atoms with Gasteiger partial charge in [-0.05, 0) is 83.0 Å². The van der Waals surface area contributed by atoms with Crippen LogP contribution in [0.15, 0.2) is 36.4 Å². The Bertz CT molecular complexity index is 902. The van der Waals surface area contributed by atoms with Crippen molar-refractivity contribution in [1.82, 2.24) is 0 Å². The molecule has 0 saturated heterocycles. The van der Waals surface area contributed by atoms with Gasteiger partial charge in [-0.15, -0.1) is 0 Å². The van der Waals surface area contributed by atoms with Gasteiger partial charge in [-0.1, -0.05) is 58.0 Å². The number of rotatable bonds is 2. The molecule has 0 saturated carbocycles. The lowest BCUT2D eigenvalue weighted by Gasteiger charge is -2.42. The summed E-state index contributed by atoms with van der Waals surface area (Å²) in [6.45, 7) is 13.9. The first-order valence-corrected chi connectivity index (χ1v) is 9.48. The molecule has 0 unspecified atom stereocenters. The van der Waals surface area contributed by atoms with Crippen molar-refractivity contribution in [1.29, 1.82) is 5.26 Å². The Morgan fingerprint density at radius 2 is 1.50 bits per heavy atom. The van der Waals surface area contributed by atoms with E-state index in [0.29, 0.717) is 5.56 Å². The number of nitriles is 1. The van der Waals surface area contributed by atoms with E-state index in [0.717, 1.165) is 0 Å². The maximum absolute atomic E-state index is 8.98. The van der Waals surface area contributed by atoms with Crippen molar-refractivity contribution >= 4 is 11.6 Å². The molecule has 0 radical (unpaired) electrons. The molecule has 0 fully saturated rings. The Hall–Kier alpha value is -2.33. The van der Waals surface area contributed by atoms with Gasteiger partial charge in [0.15, 0.2) is 0 Å². The molecular formula is C25H29N. The van der Waals surface area contributed by atoms with Crippen LogP contribution in [0.25, 0.3) is 11.6 Å². The van der Waals surface area contributed by atoms with Gasteiger partial charge >= 0.3 is 0 Å². The van der Waals surface area contributed by atoms with Gasteiger partial charge in [-0.3, -0.25) is 0 Å². The van der Waals surface area contributed by atoms with Crippen molar-refractivity contribution in [3.05, 3.63) is 69.8 Å². The topological polar surface area (TPSA) is 23.8 Å². The molecule has 2 aromatic carbocycles. The predicted octanol–water partition coefficient (Wildman–Crippen LogP) is 6.78. The van der Waals surface area contributed by atoms with Crippen LogP contribution in [0.5, 0.6) is 0 Å².